The molecule has 2 atom stereocenters. The van der Waals surface area contributed by atoms with Crippen LogP contribution in [0.5, 0.6) is 0 Å². The van der Waals surface area contributed by atoms with Gasteiger partial charge in [0.15, 0.2) is 9.03 Å². The van der Waals surface area contributed by atoms with E-state index in [2.05, 4.69) is 4.98 Å². The number of H-pyrrole nitrogens is 1. The Kier molecular flexibility index (Phi) is 6.21. The number of hydrogen-bond donors (Lipinski definition) is 2. The molecular weight excluding hydrogens is 259 g/mol. The van der Waals surface area contributed by atoms with E-state index in [0.717, 1.165) is 0 Å². The summed E-state index contributed by atoms with van der Waals surface area (Å²) in [7, 11) is -0.578. The minimum atomic E-state index is -0.578. The van der Waals surface area contributed by atoms with Crippen molar-refractivity contribution < 1.29 is 14.2 Å². The fourth-order valence-corrected chi connectivity index (χ4v) is 1.57. The van der Waals surface area contributed by atoms with Crippen LogP contribution in [0.2, 0.25) is 0 Å². The molecule has 0 spiro atoms. The van der Waals surface area contributed by atoms with Crippen molar-refractivity contribution in [1.82, 2.24) is 9.55 Å². The van der Waals surface area contributed by atoms with Crippen molar-refractivity contribution in [1.29, 1.82) is 0 Å². The second-order valence-corrected chi connectivity index (χ2v) is 4.24. The topological polar surface area (TPSA) is 93.5 Å². The Balaban J connectivity index is 2.65. The highest BCUT2D eigenvalue weighted by atomic mass is 31.1. The first-order valence-electron chi connectivity index (χ1n) is 5.51. The van der Waals surface area contributed by atoms with Crippen LogP contribution in [0.25, 0.3) is 0 Å². The van der Waals surface area contributed by atoms with Gasteiger partial charge in [-0.2, -0.15) is 0 Å². The number of ether oxygens (including phenoxy) is 1. The van der Waals surface area contributed by atoms with Gasteiger partial charge in [0.1, 0.15) is 6.73 Å². The number of aromatic amines is 1. The van der Waals surface area contributed by atoms with E-state index in [1.165, 1.54) is 10.8 Å². The lowest BCUT2D eigenvalue weighted by molar-refractivity contribution is -0.0201. The van der Waals surface area contributed by atoms with Gasteiger partial charge in [0.05, 0.1) is 12.7 Å². The molecule has 0 saturated heterocycles. The van der Waals surface area contributed by atoms with Gasteiger partial charge >= 0.3 is 5.69 Å². The quantitative estimate of drug-likeness (QED) is 0.690. The number of aromatic nitrogens is 2. The Morgan fingerprint density at radius 2 is 2.28 bits per heavy atom. The molecule has 0 aliphatic rings. The second-order valence-electron chi connectivity index (χ2n) is 3.77. The van der Waals surface area contributed by atoms with E-state index in [4.69, 9.17) is 14.2 Å². The predicted octanol–water partition coefficient (Wildman–Crippen LogP) is 0.115. The molecule has 1 heterocycles. The van der Waals surface area contributed by atoms with Gasteiger partial charge in [-0.3, -0.25) is 14.3 Å². The lowest BCUT2D eigenvalue weighted by Gasteiger charge is -2.16. The first kappa shape index (κ1) is 15.0. The second kappa shape index (κ2) is 7.43. The Labute approximate surface area is 106 Å². The molecule has 1 rings (SSSR count). The molecule has 0 radical (unpaired) electrons. The highest BCUT2D eigenvalue weighted by Crippen LogP contribution is 2.08. The van der Waals surface area contributed by atoms with Gasteiger partial charge < -0.3 is 14.2 Å². The van der Waals surface area contributed by atoms with Crippen molar-refractivity contribution in [3.63, 3.8) is 0 Å². The standard InChI is InChI=1S/C10H17N2O5P/c1-3-8(5-17-18-15)16-6-12-4-7(2)9(13)11-10(12)14/h4,8,15,18H,3,5-6H2,1-2H3,(H,11,13,14). The molecule has 1 aromatic heterocycles. The van der Waals surface area contributed by atoms with Gasteiger partial charge in [-0.25, -0.2) is 4.79 Å². The van der Waals surface area contributed by atoms with Gasteiger partial charge in [-0.05, 0) is 13.3 Å². The largest absolute Gasteiger partial charge is 0.355 e. The summed E-state index contributed by atoms with van der Waals surface area (Å²) in [6.45, 7) is 3.83. The molecule has 0 aliphatic heterocycles. The Morgan fingerprint density at radius 1 is 1.56 bits per heavy atom. The number of aryl methyl sites for hydroxylation is 1. The van der Waals surface area contributed by atoms with Crippen molar-refractivity contribution in [2.45, 2.75) is 33.1 Å². The van der Waals surface area contributed by atoms with Crippen LogP contribution in [0.15, 0.2) is 15.8 Å². The fraction of sp³-hybridized carbons (Fsp3) is 0.600. The molecule has 8 heteroatoms. The monoisotopic (exact) mass is 276 g/mol. The van der Waals surface area contributed by atoms with Crippen LogP contribution in [0.4, 0.5) is 0 Å². The maximum absolute atomic E-state index is 11.5. The maximum atomic E-state index is 11.5. The van der Waals surface area contributed by atoms with Gasteiger partial charge in [0, 0.05) is 11.8 Å². The Hall–Kier alpha value is -1.01. The molecule has 0 aromatic carbocycles. The van der Waals surface area contributed by atoms with Gasteiger partial charge in [-0.15, -0.1) is 0 Å². The molecule has 0 bridgehead atoms. The average molecular weight is 276 g/mol. The Bertz CT molecular complexity index is 484. The summed E-state index contributed by atoms with van der Waals surface area (Å²) in [5.41, 5.74) is -0.460. The van der Waals surface area contributed by atoms with Crippen LogP contribution in [0.3, 0.4) is 0 Å². The zero-order valence-electron chi connectivity index (χ0n) is 10.3. The highest BCUT2D eigenvalue weighted by molar-refractivity contribution is 7.24. The molecule has 102 valence electrons. The van der Waals surface area contributed by atoms with Crippen molar-refractivity contribution >= 4 is 9.03 Å². The molecule has 7 nitrogen and oxygen atoms in total. The Morgan fingerprint density at radius 3 is 2.89 bits per heavy atom. The normalized spacial score (nSPS) is 13.3. The lowest BCUT2D eigenvalue weighted by atomic mass is 10.3. The van der Waals surface area contributed by atoms with Crippen LogP contribution in [0, 0.1) is 6.92 Å². The molecule has 18 heavy (non-hydrogen) atoms. The van der Waals surface area contributed by atoms with E-state index in [9.17, 15) is 9.59 Å². The number of rotatable bonds is 7. The molecular formula is C10H17N2O5P. The SMILES string of the molecule is CCC(COPO)OCn1cc(C)c(=O)[nH]c1=O. The van der Waals surface area contributed by atoms with Crippen LogP contribution < -0.4 is 11.2 Å². The zero-order chi connectivity index (χ0) is 13.5. The average Bonchev–Trinajstić information content (AvgIpc) is 2.35. The van der Waals surface area contributed by atoms with E-state index < -0.39 is 20.3 Å². The predicted molar refractivity (Wildman–Crippen MR) is 67.7 cm³/mol. The van der Waals surface area contributed by atoms with Gasteiger partial charge in [0.2, 0.25) is 0 Å². The first-order chi connectivity index (χ1) is 8.58. The van der Waals surface area contributed by atoms with E-state index in [1.54, 1.807) is 6.92 Å². The summed E-state index contributed by atoms with van der Waals surface area (Å²) in [4.78, 5) is 33.4. The summed E-state index contributed by atoms with van der Waals surface area (Å²) in [5.74, 6) is 0. The number of nitrogens with zero attached hydrogens (tertiary/aromatic N) is 1. The van der Waals surface area contributed by atoms with E-state index in [0.29, 0.717) is 12.0 Å². The van der Waals surface area contributed by atoms with Crippen molar-refractivity contribution in [2.24, 2.45) is 0 Å². The summed E-state index contributed by atoms with van der Waals surface area (Å²) < 4.78 is 11.6. The molecule has 2 unspecified atom stereocenters. The number of hydrogen-bond acceptors (Lipinski definition) is 5. The molecule has 0 amide bonds. The third-order valence-electron chi connectivity index (χ3n) is 2.43. The maximum Gasteiger partial charge on any atom is 0.330 e. The van der Waals surface area contributed by atoms with E-state index >= 15 is 0 Å². The smallest absolute Gasteiger partial charge is 0.330 e. The van der Waals surface area contributed by atoms with Gasteiger partial charge in [0.25, 0.3) is 5.56 Å². The molecule has 0 saturated carbocycles. The van der Waals surface area contributed by atoms with Crippen molar-refractivity contribution in [3.8, 4) is 0 Å². The minimum Gasteiger partial charge on any atom is -0.355 e. The van der Waals surface area contributed by atoms with E-state index in [-0.39, 0.29) is 19.4 Å². The molecule has 0 aliphatic carbocycles. The fourth-order valence-electron chi connectivity index (χ4n) is 1.31. The van der Waals surface area contributed by atoms with Crippen LogP contribution in [0.1, 0.15) is 18.9 Å². The molecule has 1 aromatic rings. The molecule has 2 N–H and O–H groups in total. The van der Waals surface area contributed by atoms with Gasteiger partial charge in [-0.1, -0.05) is 6.92 Å². The zero-order valence-corrected chi connectivity index (χ0v) is 11.3. The van der Waals surface area contributed by atoms with Crippen LogP contribution in [-0.4, -0.2) is 27.2 Å². The first-order valence-corrected chi connectivity index (χ1v) is 6.36. The highest BCUT2D eigenvalue weighted by Gasteiger charge is 2.08. The summed E-state index contributed by atoms with van der Waals surface area (Å²) in [6.07, 6.45) is 1.94. The lowest BCUT2D eigenvalue weighted by Crippen LogP contribution is -2.32. The summed E-state index contributed by atoms with van der Waals surface area (Å²) in [5, 5.41) is 0. The van der Waals surface area contributed by atoms with E-state index in [1.807, 2.05) is 6.92 Å². The van der Waals surface area contributed by atoms with Crippen molar-refractivity contribution in [3.05, 3.63) is 32.6 Å². The third kappa shape index (κ3) is 4.34. The number of nitrogens with one attached hydrogen (secondary N) is 1. The third-order valence-corrected chi connectivity index (χ3v) is 2.72. The van der Waals surface area contributed by atoms with Crippen LogP contribution in [-0.2, 0) is 16.0 Å². The summed E-state index contributed by atoms with van der Waals surface area (Å²) >= 11 is 0. The van der Waals surface area contributed by atoms with Crippen molar-refractivity contribution in [2.75, 3.05) is 6.61 Å². The minimum absolute atomic E-state index is 0.0346. The molecule has 0 fully saturated rings. The summed E-state index contributed by atoms with van der Waals surface area (Å²) in [6, 6.07) is 0. The van der Waals surface area contributed by atoms with Crippen LogP contribution >= 0.6 is 9.03 Å².